The van der Waals surface area contributed by atoms with E-state index < -0.39 is 67.1 Å². The van der Waals surface area contributed by atoms with Crippen LogP contribution in [0.15, 0.2) is 23.0 Å². The molecule has 0 bridgehead atoms. The summed E-state index contributed by atoms with van der Waals surface area (Å²) in [5.74, 6) is -5.72. The molecule has 0 fully saturated rings. The lowest BCUT2D eigenvalue weighted by Crippen LogP contribution is -2.29. The summed E-state index contributed by atoms with van der Waals surface area (Å²) in [5.41, 5.74) is 0. The Labute approximate surface area is 134 Å². The summed E-state index contributed by atoms with van der Waals surface area (Å²) < 4.78 is 105. The topological polar surface area (TPSA) is 240 Å². The van der Waals surface area contributed by atoms with E-state index in [1.54, 1.807) is 0 Å². The van der Waals surface area contributed by atoms with E-state index in [9.17, 15) is 35.5 Å². The molecular formula is C6H8O15S3. The van der Waals surface area contributed by atoms with Gasteiger partial charge in [0.05, 0.1) is 0 Å². The molecule has 0 radical (unpaired) electrons. The molecule has 0 saturated heterocycles. The largest absolute Gasteiger partial charge is 0.502 e. The highest BCUT2D eigenvalue weighted by molar-refractivity contribution is 7.81. The lowest BCUT2D eigenvalue weighted by molar-refractivity contribution is -0.0789. The highest BCUT2D eigenvalue weighted by atomic mass is 32.3. The molecule has 0 aliphatic carbocycles. The molecule has 1 rings (SSSR count). The highest BCUT2D eigenvalue weighted by Gasteiger charge is 2.38. The minimum atomic E-state index is -5.42. The summed E-state index contributed by atoms with van der Waals surface area (Å²) in [6.45, 7) is -1.32. The average Bonchev–Trinajstić information content (AvgIpc) is 2.32. The second kappa shape index (κ2) is 6.68. The van der Waals surface area contributed by atoms with Crippen LogP contribution in [0.25, 0.3) is 0 Å². The second-order valence-corrected chi connectivity index (χ2v) is 6.78. The van der Waals surface area contributed by atoms with Crippen molar-refractivity contribution in [3.05, 3.63) is 23.0 Å². The fraction of sp³-hybridized carbons (Fsp3) is 0.333. The molecule has 0 spiro atoms. The van der Waals surface area contributed by atoms with Crippen molar-refractivity contribution in [2.75, 3.05) is 6.61 Å². The Kier molecular flexibility index (Phi) is 5.67. The van der Waals surface area contributed by atoms with Crippen molar-refractivity contribution in [1.82, 2.24) is 0 Å². The first-order chi connectivity index (χ1) is 10.6. The molecule has 0 saturated carbocycles. The standard InChI is InChI=1S/C6H8O15S3/c7-3-2(1-18-22(9,10)11)19-6(8)5(21-24(15,16)17)4(3)20-23(12,13)14/h6-8H,1H2,(H,9,10,11)(H,12,13,14)(H,15,16,17)/t6-/m0/s1. The molecule has 5 N–H and O–H groups in total. The molecule has 18 heteroatoms. The number of rotatable bonds is 7. The summed E-state index contributed by atoms with van der Waals surface area (Å²) in [5, 5.41) is 19.1. The molecule has 140 valence electrons. The van der Waals surface area contributed by atoms with Gasteiger partial charge in [-0.05, 0) is 0 Å². The van der Waals surface area contributed by atoms with Crippen LogP contribution in [-0.4, -0.2) is 62.0 Å². The Morgan fingerprint density at radius 1 is 0.917 bits per heavy atom. The Hall–Kier alpha value is -1.67. The van der Waals surface area contributed by atoms with E-state index in [0.29, 0.717) is 0 Å². The maximum atomic E-state index is 10.7. The van der Waals surface area contributed by atoms with Gasteiger partial charge in [-0.3, -0.25) is 13.7 Å². The molecule has 24 heavy (non-hydrogen) atoms. The molecule has 15 nitrogen and oxygen atoms in total. The van der Waals surface area contributed by atoms with Crippen molar-refractivity contribution in [1.29, 1.82) is 0 Å². The molecule has 1 aliphatic rings. The first-order valence-electron chi connectivity index (χ1n) is 5.06. The molecule has 0 aromatic carbocycles. The monoisotopic (exact) mass is 416 g/mol. The SMILES string of the molecule is O=S(=O)(O)OCC1=C(O)C(OS(=O)(=O)O)=C(OS(=O)(=O)O)[C@@H](O)O1. The van der Waals surface area contributed by atoms with Gasteiger partial charge in [0, 0.05) is 0 Å². The zero-order valence-electron chi connectivity index (χ0n) is 10.8. The fourth-order valence-corrected chi connectivity index (χ4v) is 2.22. The highest BCUT2D eigenvalue weighted by Crippen LogP contribution is 2.31. The quantitative estimate of drug-likeness (QED) is 0.276. The van der Waals surface area contributed by atoms with Crippen LogP contribution in [0, 0.1) is 0 Å². The molecule has 1 aliphatic heterocycles. The van der Waals surface area contributed by atoms with Crippen LogP contribution in [-0.2, 0) is 48.5 Å². The lowest BCUT2D eigenvalue weighted by Gasteiger charge is -2.24. The molecule has 0 aromatic rings. The minimum absolute atomic E-state index is 1.08. The first-order valence-corrected chi connectivity index (χ1v) is 9.15. The van der Waals surface area contributed by atoms with Crippen LogP contribution in [0.3, 0.4) is 0 Å². The van der Waals surface area contributed by atoms with Crippen molar-refractivity contribution in [3.63, 3.8) is 0 Å². The van der Waals surface area contributed by atoms with Gasteiger partial charge in [-0.1, -0.05) is 0 Å². The third-order valence-electron chi connectivity index (χ3n) is 1.90. The first kappa shape index (κ1) is 20.4. The molecule has 0 aromatic heterocycles. The molecule has 0 unspecified atom stereocenters. The van der Waals surface area contributed by atoms with Gasteiger partial charge < -0.3 is 23.3 Å². The van der Waals surface area contributed by atoms with Gasteiger partial charge in [-0.15, -0.1) is 0 Å². The number of hydrogen-bond donors (Lipinski definition) is 5. The summed E-state index contributed by atoms with van der Waals surface area (Å²) >= 11 is 0. The van der Waals surface area contributed by atoms with Crippen LogP contribution < -0.4 is 0 Å². The predicted molar refractivity (Wildman–Crippen MR) is 66.5 cm³/mol. The van der Waals surface area contributed by atoms with E-state index in [1.807, 2.05) is 0 Å². The van der Waals surface area contributed by atoms with Crippen molar-refractivity contribution >= 4 is 31.2 Å². The second-order valence-electron chi connectivity index (χ2n) is 3.65. The van der Waals surface area contributed by atoms with Crippen molar-refractivity contribution in [3.8, 4) is 0 Å². The van der Waals surface area contributed by atoms with Crippen LogP contribution in [0.1, 0.15) is 0 Å². The minimum Gasteiger partial charge on any atom is -0.502 e. The maximum absolute atomic E-state index is 10.7. The normalized spacial score (nSPS) is 19.9. The zero-order chi connectivity index (χ0) is 18.9. The van der Waals surface area contributed by atoms with Gasteiger partial charge in [-0.25, -0.2) is 4.18 Å². The number of hydrogen-bond acceptors (Lipinski definition) is 12. The van der Waals surface area contributed by atoms with E-state index in [-0.39, 0.29) is 0 Å². The van der Waals surface area contributed by atoms with Crippen LogP contribution in [0.5, 0.6) is 0 Å². The van der Waals surface area contributed by atoms with Crippen molar-refractivity contribution < 1.29 is 66.4 Å². The zero-order valence-corrected chi connectivity index (χ0v) is 13.3. The van der Waals surface area contributed by atoms with Crippen molar-refractivity contribution in [2.24, 2.45) is 0 Å². The Balaban J connectivity index is 3.41. The summed E-state index contributed by atoms with van der Waals surface area (Å²) in [6, 6.07) is 0. The van der Waals surface area contributed by atoms with Crippen LogP contribution in [0.4, 0.5) is 0 Å². The Morgan fingerprint density at radius 2 is 1.42 bits per heavy atom. The Morgan fingerprint density at radius 3 is 1.83 bits per heavy atom. The van der Waals surface area contributed by atoms with Crippen LogP contribution >= 0.6 is 0 Å². The number of aliphatic hydroxyl groups excluding tert-OH is 2. The Bertz CT molecular complexity index is 871. The fourth-order valence-electron chi connectivity index (χ4n) is 1.21. The molecular weight excluding hydrogens is 408 g/mol. The van der Waals surface area contributed by atoms with E-state index >= 15 is 0 Å². The molecule has 1 heterocycles. The van der Waals surface area contributed by atoms with Gasteiger partial charge in [0.15, 0.2) is 5.76 Å². The van der Waals surface area contributed by atoms with Gasteiger partial charge >= 0.3 is 31.2 Å². The van der Waals surface area contributed by atoms with Gasteiger partial charge in [0.25, 0.3) is 6.29 Å². The smallest absolute Gasteiger partial charge is 0.446 e. The third kappa shape index (κ3) is 6.45. The van der Waals surface area contributed by atoms with E-state index in [4.69, 9.17) is 13.7 Å². The lowest BCUT2D eigenvalue weighted by atomic mass is 10.2. The molecule has 0 amide bonds. The molecule has 1 atom stereocenters. The maximum Gasteiger partial charge on any atom is 0.446 e. The third-order valence-corrected chi connectivity index (χ3v) is 3.09. The van der Waals surface area contributed by atoms with E-state index in [0.717, 1.165) is 0 Å². The van der Waals surface area contributed by atoms with Gasteiger partial charge in [0.2, 0.25) is 17.3 Å². The average molecular weight is 416 g/mol. The summed E-state index contributed by atoms with van der Waals surface area (Å²) in [4.78, 5) is 0. The summed E-state index contributed by atoms with van der Waals surface area (Å²) in [6.07, 6.45) is -2.57. The number of ether oxygens (including phenoxy) is 1. The summed E-state index contributed by atoms with van der Waals surface area (Å²) in [7, 11) is -15.9. The number of aliphatic hydroxyl groups is 2. The van der Waals surface area contributed by atoms with Gasteiger partial charge in [0.1, 0.15) is 6.61 Å². The van der Waals surface area contributed by atoms with E-state index in [1.165, 1.54) is 0 Å². The van der Waals surface area contributed by atoms with E-state index in [2.05, 4.69) is 17.3 Å². The van der Waals surface area contributed by atoms with Crippen LogP contribution in [0.2, 0.25) is 0 Å². The van der Waals surface area contributed by atoms with Gasteiger partial charge in [-0.2, -0.15) is 25.3 Å². The predicted octanol–water partition coefficient (Wildman–Crippen LogP) is -2.23. The van der Waals surface area contributed by atoms with Crippen molar-refractivity contribution in [2.45, 2.75) is 6.29 Å².